The SMILES string of the molecule is CN(CC1CCCO1)CC1COCCC1N. The molecule has 0 aromatic carbocycles. The summed E-state index contributed by atoms with van der Waals surface area (Å²) in [6.45, 7) is 4.64. The predicted octanol–water partition coefficient (Wildman–Crippen LogP) is 0.461. The van der Waals surface area contributed by atoms with Gasteiger partial charge < -0.3 is 20.1 Å². The van der Waals surface area contributed by atoms with Gasteiger partial charge in [-0.2, -0.15) is 0 Å². The predicted molar refractivity (Wildman–Crippen MR) is 63.4 cm³/mol. The number of nitrogens with two attached hydrogens (primary N) is 1. The highest BCUT2D eigenvalue weighted by atomic mass is 16.5. The van der Waals surface area contributed by atoms with E-state index in [-0.39, 0.29) is 0 Å². The lowest BCUT2D eigenvalue weighted by atomic mass is 9.96. The molecule has 0 aromatic rings. The minimum Gasteiger partial charge on any atom is -0.381 e. The summed E-state index contributed by atoms with van der Waals surface area (Å²) in [7, 11) is 2.16. The molecule has 3 unspecified atom stereocenters. The summed E-state index contributed by atoms with van der Waals surface area (Å²) in [5.74, 6) is 0.486. The first-order valence-corrected chi connectivity index (χ1v) is 6.39. The summed E-state index contributed by atoms with van der Waals surface area (Å²) in [4.78, 5) is 2.34. The summed E-state index contributed by atoms with van der Waals surface area (Å²) in [5, 5.41) is 0. The van der Waals surface area contributed by atoms with Crippen LogP contribution in [0.2, 0.25) is 0 Å². The van der Waals surface area contributed by atoms with Gasteiger partial charge in [-0.25, -0.2) is 0 Å². The molecule has 0 bridgehead atoms. The van der Waals surface area contributed by atoms with Crippen molar-refractivity contribution in [1.82, 2.24) is 4.90 Å². The van der Waals surface area contributed by atoms with E-state index in [0.717, 1.165) is 39.3 Å². The van der Waals surface area contributed by atoms with Crippen molar-refractivity contribution in [2.75, 3.05) is 40.0 Å². The van der Waals surface area contributed by atoms with E-state index in [0.29, 0.717) is 18.1 Å². The van der Waals surface area contributed by atoms with Crippen LogP contribution in [0.25, 0.3) is 0 Å². The first-order valence-electron chi connectivity index (χ1n) is 6.39. The highest BCUT2D eigenvalue weighted by molar-refractivity contribution is 4.79. The van der Waals surface area contributed by atoms with Crippen molar-refractivity contribution in [1.29, 1.82) is 0 Å². The van der Waals surface area contributed by atoms with Gasteiger partial charge in [0.25, 0.3) is 0 Å². The summed E-state index contributed by atoms with van der Waals surface area (Å²) >= 11 is 0. The van der Waals surface area contributed by atoms with Gasteiger partial charge in [0.2, 0.25) is 0 Å². The van der Waals surface area contributed by atoms with E-state index in [2.05, 4.69) is 11.9 Å². The largest absolute Gasteiger partial charge is 0.381 e. The minimum absolute atomic E-state index is 0.306. The smallest absolute Gasteiger partial charge is 0.0702 e. The molecule has 2 saturated heterocycles. The first kappa shape index (κ1) is 12.3. The van der Waals surface area contributed by atoms with Crippen LogP contribution >= 0.6 is 0 Å². The van der Waals surface area contributed by atoms with Gasteiger partial charge in [-0.3, -0.25) is 0 Å². The van der Waals surface area contributed by atoms with Crippen LogP contribution in [0.1, 0.15) is 19.3 Å². The minimum atomic E-state index is 0.306. The second kappa shape index (κ2) is 5.96. The normalized spacial score (nSPS) is 35.8. The molecule has 0 amide bonds. The maximum atomic E-state index is 6.10. The van der Waals surface area contributed by atoms with Crippen molar-refractivity contribution >= 4 is 0 Å². The number of hydrogen-bond donors (Lipinski definition) is 1. The van der Waals surface area contributed by atoms with Gasteiger partial charge in [0.1, 0.15) is 0 Å². The highest BCUT2D eigenvalue weighted by Crippen LogP contribution is 2.16. The van der Waals surface area contributed by atoms with E-state index in [1.807, 2.05) is 0 Å². The van der Waals surface area contributed by atoms with Crippen molar-refractivity contribution in [3.63, 3.8) is 0 Å². The molecule has 0 spiro atoms. The van der Waals surface area contributed by atoms with E-state index in [1.54, 1.807) is 0 Å². The lowest BCUT2D eigenvalue weighted by Crippen LogP contribution is -2.45. The van der Waals surface area contributed by atoms with E-state index in [4.69, 9.17) is 15.2 Å². The van der Waals surface area contributed by atoms with Crippen LogP contribution in [-0.2, 0) is 9.47 Å². The second-order valence-electron chi connectivity index (χ2n) is 5.14. The zero-order chi connectivity index (χ0) is 11.4. The molecule has 2 rings (SSSR count). The van der Waals surface area contributed by atoms with Crippen LogP contribution in [0.4, 0.5) is 0 Å². The van der Waals surface area contributed by atoms with Crippen molar-refractivity contribution in [3.05, 3.63) is 0 Å². The average molecular weight is 228 g/mol. The Morgan fingerprint density at radius 2 is 2.12 bits per heavy atom. The Balaban J connectivity index is 1.70. The van der Waals surface area contributed by atoms with Gasteiger partial charge in [-0.15, -0.1) is 0 Å². The van der Waals surface area contributed by atoms with Crippen molar-refractivity contribution in [3.8, 4) is 0 Å². The van der Waals surface area contributed by atoms with Crippen LogP contribution in [0.3, 0.4) is 0 Å². The molecular weight excluding hydrogens is 204 g/mol. The molecule has 4 heteroatoms. The van der Waals surface area contributed by atoms with Gasteiger partial charge in [-0.05, 0) is 26.3 Å². The molecule has 4 nitrogen and oxygen atoms in total. The van der Waals surface area contributed by atoms with Crippen molar-refractivity contribution in [2.24, 2.45) is 11.7 Å². The summed E-state index contributed by atoms with van der Waals surface area (Å²) in [6.07, 6.45) is 3.85. The molecule has 2 aliphatic heterocycles. The number of hydrogen-bond acceptors (Lipinski definition) is 4. The third-order valence-corrected chi connectivity index (χ3v) is 3.62. The number of rotatable bonds is 4. The van der Waals surface area contributed by atoms with E-state index in [9.17, 15) is 0 Å². The van der Waals surface area contributed by atoms with Gasteiger partial charge >= 0.3 is 0 Å². The fourth-order valence-electron chi connectivity index (χ4n) is 2.61. The number of nitrogens with zero attached hydrogens (tertiary/aromatic N) is 1. The van der Waals surface area contributed by atoms with E-state index in [1.165, 1.54) is 12.8 Å². The van der Waals surface area contributed by atoms with Crippen LogP contribution in [0.15, 0.2) is 0 Å². The Labute approximate surface area is 98.1 Å². The first-order chi connectivity index (χ1) is 7.75. The number of likely N-dealkylation sites (N-methyl/N-ethyl adjacent to an activating group) is 1. The van der Waals surface area contributed by atoms with Crippen molar-refractivity contribution in [2.45, 2.75) is 31.4 Å². The van der Waals surface area contributed by atoms with E-state index < -0.39 is 0 Å². The van der Waals surface area contributed by atoms with Gasteiger partial charge in [-0.1, -0.05) is 0 Å². The number of ether oxygens (including phenoxy) is 2. The lowest BCUT2D eigenvalue weighted by molar-refractivity contribution is 0.0195. The van der Waals surface area contributed by atoms with Crippen LogP contribution in [0.5, 0.6) is 0 Å². The molecule has 2 aliphatic rings. The quantitative estimate of drug-likeness (QED) is 0.759. The molecule has 0 saturated carbocycles. The van der Waals surface area contributed by atoms with Gasteiger partial charge in [0.05, 0.1) is 12.7 Å². The Bertz CT molecular complexity index is 207. The van der Waals surface area contributed by atoms with E-state index >= 15 is 0 Å². The lowest BCUT2D eigenvalue weighted by Gasteiger charge is -2.32. The Kier molecular flexibility index (Phi) is 4.58. The molecule has 0 aromatic heterocycles. The molecule has 3 atom stereocenters. The zero-order valence-electron chi connectivity index (χ0n) is 10.2. The molecule has 2 heterocycles. The molecule has 0 radical (unpaired) electrons. The fourth-order valence-corrected chi connectivity index (χ4v) is 2.61. The monoisotopic (exact) mass is 228 g/mol. The Morgan fingerprint density at radius 3 is 2.81 bits per heavy atom. The van der Waals surface area contributed by atoms with Crippen LogP contribution in [0, 0.1) is 5.92 Å². The molecule has 2 N–H and O–H groups in total. The Morgan fingerprint density at radius 1 is 1.25 bits per heavy atom. The van der Waals surface area contributed by atoms with Crippen LogP contribution < -0.4 is 5.73 Å². The maximum Gasteiger partial charge on any atom is 0.0702 e. The average Bonchev–Trinajstić information content (AvgIpc) is 2.74. The molecule has 94 valence electrons. The third-order valence-electron chi connectivity index (χ3n) is 3.62. The third kappa shape index (κ3) is 3.42. The fraction of sp³-hybridized carbons (Fsp3) is 1.00. The standard InChI is InChI=1S/C12H24N2O2/c1-14(8-11-3-2-5-16-11)7-10-9-15-6-4-12(10)13/h10-12H,2-9,13H2,1H3. The second-order valence-corrected chi connectivity index (χ2v) is 5.14. The topological polar surface area (TPSA) is 47.7 Å². The highest BCUT2D eigenvalue weighted by Gasteiger charge is 2.25. The Hall–Kier alpha value is -0.160. The van der Waals surface area contributed by atoms with Crippen molar-refractivity contribution < 1.29 is 9.47 Å². The van der Waals surface area contributed by atoms with Crippen LogP contribution in [-0.4, -0.2) is 57.0 Å². The zero-order valence-corrected chi connectivity index (χ0v) is 10.2. The van der Waals surface area contributed by atoms with Gasteiger partial charge in [0, 0.05) is 38.3 Å². The summed E-state index contributed by atoms with van der Waals surface area (Å²) in [6, 6.07) is 0.306. The summed E-state index contributed by atoms with van der Waals surface area (Å²) in [5.41, 5.74) is 6.10. The molecule has 2 fully saturated rings. The van der Waals surface area contributed by atoms with Gasteiger partial charge in [0.15, 0.2) is 0 Å². The maximum absolute atomic E-state index is 6.10. The molecule has 0 aliphatic carbocycles. The molecule has 16 heavy (non-hydrogen) atoms. The summed E-state index contributed by atoms with van der Waals surface area (Å²) < 4.78 is 11.1. The molecular formula is C12H24N2O2.